The van der Waals surface area contributed by atoms with E-state index in [-0.39, 0.29) is 0 Å². The van der Waals surface area contributed by atoms with Gasteiger partial charge in [-0.05, 0) is 25.3 Å². The highest BCUT2D eigenvalue weighted by Crippen LogP contribution is 2.26. The molecule has 0 N–H and O–H groups in total. The van der Waals surface area contributed by atoms with Crippen LogP contribution in [0.2, 0.25) is 0 Å². The maximum atomic E-state index is 12.2. The van der Waals surface area contributed by atoms with Gasteiger partial charge in [0.15, 0.2) is 0 Å². The molecule has 0 amide bonds. The standard InChI is InChI=1S/C16H26N2O/c1-3-14-11-15(18(4-2)17-14)12-16(19)10-13-8-6-5-7-9-13/h11,13H,3-10,12H2,1-2H3. The Hall–Kier alpha value is -1.12. The van der Waals surface area contributed by atoms with Gasteiger partial charge >= 0.3 is 0 Å². The van der Waals surface area contributed by atoms with Crippen molar-refractivity contribution in [3.8, 4) is 0 Å². The maximum Gasteiger partial charge on any atom is 0.139 e. The number of hydrogen-bond donors (Lipinski definition) is 0. The summed E-state index contributed by atoms with van der Waals surface area (Å²) in [5, 5.41) is 4.51. The molecule has 0 saturated heterocycles. The van der Waals surface area contributed by atoms with Gasteiger partial charge in [-0.25, -0.2) is 0 Å². The molecule has 1 saturated carbocycles. The van der Waals surface area contributed by atoms with Crippen molar-refractivity contribution < 1.29 is 4.79 Å². The molecule has 1 heterocycles. The minimum atomic E-state index is 0.393. The number of carbonyl (C=O) groups excluding carboxylic acids is 1. The molecule has 1 aliphatic carbocycles. The Morgan fingerprint density at radius 3 is 2.68 bits per heavy atom. The highest BCUT2D eigenvalue weighted by Gasteiger charge is 2.18. The quantitative estimate of drug-likeness (QED) is 0.786. The van der Waals surface area contributed by atoms with E-state index in [1.54, 1.807) is 0 Å². The van der Waals surface area contributed by atoms with E-state index >= 15 is 0 Å². The second kappa shape index (κ2) is 6.88. The first-order chi connectivity index (χ1) is 9.22. The molecule has 0 aromatic carbocycles. The topological polar surface area (TPSA) is 34.9 Å². The van der Waals surface area contributed by atoms with Crippen molar-refractivity contribution in [1.29, 1.82) is 0 Å². The summed E-state index contributed by atoms with van der Waals surface area (Å²) in [4.78, 5) is 12.2. The van der Waals surface area contributed by atoms with Gasteiger partial charge in [0.25, 0.3) is 0 Å². The molecule has 0 aliphatic heterocycles. The highest BCUT2D eigenvalue weighted by molar-refractivity contribution is 5.80. The van der Waals surface area contributed by atoms with Gasteiger partial charge in [-0.1, -0.05) is 39.0 Å². The van der Waals surface area contributed by atoms with Crippen molar-refractivity contribution in [2.75, 3.05) is 0 Å². The molecule has 0 bridgehead atoms. The lowest BCUT2D eigenvalue weighted by molar-refractivity contribution is -0.119. The Labute approximate surface area is 116 Å². The predicted octanol–water partition coefficient (Wildman–Crippen LogP) is 3.55. The zero-order valence-electron chi connectivity index (χ0n) is 12.3. The number of carbonyl (C=O) groups is 1. The Balaban J connectivity index is 1.92. The summed E-state index contributed by atoms with van der Waals surface area (Å²) in [5.74, 6) is 1.04. The average Bonchev–Trinajstić information content (AvgIpc) is 2.82. The minimum absolute atomic E-state index is 0.393. The van der Waals surface area contributed by atoms with Crippen LogP contribution in [0.3, 0.4) is 0 Å². The fourth-order valence-corrected chi connectivity index (χ4v) is 3.09. The number of ketones is 1. The van der Waals surface area contributed by atoms with Crippen LogP contribution in [0.25, 0.3) is 0 Å². The monoisotopic (exact) mass is 262 g/mol. The minimum Gasteiger partial charge on any atom is -0.299 e. The Morgan fingerprint density at radius 1 is 1.32 bits per heavy atom. The molecule has 1 fully saturated rings. The van der Waals surface area contributed by atoms with Gasteiger partial charge < -0.3 is 0 Å². The van der Waals surface area contributed by atoms with E-state index in [2.05, 4.69) is 25.0 Å². The molecule has 1 aromatic heterocycles. The smallest absolute Gasteiger partial charge is 0.139 e. The van der Waals surface area contributed by atoms with Crippen LogP contribution in [0, 0.1) is 5.92 Å². The lowest BCUT2D eigenvalue weighted by atomic mass is 9.85. The Morgan fingerprint density at radius 2 is 2.05 bits per heavy atom. The molecule has 3 nitrogen and oxygen atoms in total. The summed E-state index contributed by atoms with van der Waals surface area (Å²) in [6.45, 7) is 5.05. The van der Waals surface area contributed by atoms with Crippen molar-refractivity contribution in [3.05, 3.63) is 17.5 Å². The molecule has 0 atom stereocenters. The van der Waals surface area contributed by atoms with E-state index in [9.17, 15) is 4.79 Å². The van der Waals surface area contributed by atoms with E-state index in [1.807, 2.05) is 4.68 Å². The number of Topliss-reactive ketones (excluding diaryl/α,β-unsaturated/α-hetero) is 1. The molecular weight excluding hydrogens is 236 g/mol. The van der Waals surface area contributed by atoms with Gasteiger partial charge in [0.2, 0.25) is 0 Å². The van der Waals surface area contributed by atoms with Crippen LogP contribution in [0.15, 0.2) is 6.07 Å². The van der Waals surface area contributed by atoms with Gasteiger partial charge in [-0.3, -0.25) is 9.48 Å². The third kappa shape index (κ3) is 3.92. The molecule has 1 aromatic rings. The second-order valence-electron chi connectivity index (χ2n) is 5.72. The maximum absolute atomic E-state index is 12.2. The molecular formula is C16H26N2O. The Kier molecular flexibility index (Phi) is 5.17. The van der Waals surface area contributed by atoms with E-state index in [0.717, 1.165) is 30.8 Å². The molecule has 106 valence electrons. The molecule has 0 spiro atoms. The fourth-order valence-electron chi connectivity index (χ4n) is 3.09. The number of rotatable bonds is 6. The van der Waals surface area contributed by atoms with E-state index in [0.29, 0.717) is 18.1 Å². The zero-order chi connectivity index (χ0) is 13.7. The molecule has 0 unspecified atom stereocenters. The first kappa shape index (κ1) is 14.3. The van der Waals surface area contributed by atoms with Gasteiger partial charge in [0, 0.05) is 25.1 Å². The van der Waals surface area contributed by atoms with Crippen LogP contribution < -0.4 is 0 Å². The van der Waals surface area contributed by atoms with Gasteiger partial charge in [0.1, 0.15) is 5.78 Å². The van der Waals surface area contributed by atoms with Crippen molar-refractivity contribution in [2.45, 2.75) is 71.8 Å². The lowest BCUT2D eigenvalue weighted by Gasteiger charge is -2.20. The van der Waals surface area contributed by atoms with Gasteiger partial charge in [-0.2, -0.15) is 5.10 Å². The summed E-state index contributed by atoms with van der Waals surface area (Å²) in [6, 6.07) is 2.10. The summed E-state index contributed by atoms with van der Waals surface area (Å²) < 4.78 is 1.98. The van der Waals surface area contributed by atoms with E-state index in [1.165, 1.54) is 32.1 Å². The van der Waals surface area contributed by atoms with E-state index in [4.69, 9.17) is 0 Å². The van der Waals surface area contributed by atoms with Crippen molar-refractivity contribution in [2.24, 2.45) is 5.92 Å². The lowest BCUT2D eigenvalue weighted by Crippen LogP contribution is -2.15. The predicted molar refractivity (Wildman–Crippen MR) is 77.2 cm³/mol. The number of aryl methyl sites for hydroxylation is 2. The fraction of sp³-hybridized carbons (Fsp3) is 0.750. The third-order valence-corrected chi connectivity index (χ3v) is 4.20. The van der Waals surface area contributed by atoms with E-state index < -0.39 is 0 Å². The van der Waals surface area contributed by atoms with Crippen LogP contribution in [-0.2, 0) is 24.2 Å². The number of hydrogen-bond acceptors (Lipinski definition) is 2. The highest BCUT2D eigenvalue weighted by atomic mass is 16.1. The normalized spacial score (nSPS) is 16.7. The van der Waals surface area contributed by atoms with Gasteiger partial charge in [0.05, 0.1) is 5.69 Å². The summed E-state index contributed by atoms with van der Waals surface area (Å²) in [5.41, 5.74) is 2.20. The summed E-state index contributed by atoms with van der Waals surface area (Å²) in [7, 11) is 0. The summed E-state index contributed by atoms with van der Waals surface area (Å²) >= 11 is 0. The first-order valence-corrected chi connectivity index (χ1v) is 7.80. The van der Waals surface area contributed by atoms with Crippen LogP contribution >= 0.6 is 0 Å². The van der Waals surface area contributed by atoms with Crippen LogP contribution in [0.5, 0.6) is 0 Å². The zero-order valence-corrected chi connectivity index (χ0v) is 12.3. The Bertz CT molecular complexity index is 416. The average molecular weight is 262 g/mol. The third-order valence-electron chi connectivity index (χ3n) is 4.20. The molecule has 0 radical (unpaired) electrons. The van der Waals surface area contributed by atoms with Crippen molar-refractivity contribution >= 4 is 5.78 Å². The largest absolute Gasteiger partial charge is 0.299 e. The van der Waals surface area contributed by atoms with Crippen molar-refractivity contribution in [3.63, 3.8) is 0 Å². The first-order valence-electron chi connectivity index (χ1n) is 7.80. The number of nitrogens with zero attached hydrogens (tertiary/aromatic N) is 2. The molecule has 2 rings (SSSR count). The molecule has 1 aliphatic rings. The molecule has 3 heteroatoms. The van der Waals surface area contributed by atoms with Gasteiger partial charge in [-0.15, -0.1) is 0 Å². The summed E-state index contributed by atoms with van der Waals surface area (Å²) in [6.07, 6.45) is 8.76. The number of aromatic nitrogens is 2. The van der Waals surface area contributed by atoms with Crippen molar-refractivity contribution in [1.82, 2.24) is 9.78 Å². The van der Waals surface area contributed by atoms with Crippen LogP contribution in [0.1, 0.15) is 63.8 Å². The second-order valence-corrected chi connectivity index (χ2v) is 5.72. The van der Waals surface area contributed by atoms with Crippen LogP contribution in [0.4, 0.5) is 0 Å². The molecule has 19 heavy (non-hydrogen) atoms. The van der Waals surface area contributed by atoms with Crippen LogP contribution in [-0.4, -0.2) is 15.6 Å². The SMILES string of the molecule is CCc1cc(CC(=O)CC2CCCCC2)n(CC)n1.